The van der Waals surface area contributed by atoms with Crippen molar-refractivity contribution < 1.29 is 5.11 Å². The zero-order valence-corrected chi connectivity index (χ0v) is 15.1. The molecule has 4 aliphatic carbocycles. The van der Waals surface area contributed by atoms with Crippen molar-refractivity contribution in [3.63, 3.8) is 0 Å². The van der Waals surface area contributed by atoms with Crippen LogP contribution in [0.4, 0.5) is 0 Å². The fraction of sp³-hybridized carbons (Fsp3) is 0.833. The molecule has 0 aliphatic heterocycles. The zero-order chi connectivity index (χ0) is 14.8. The van der Waals surface area contributed by atoms with Crippen molar-refractivity contribution >= 4 is 81.2 Å². The van der Waals surface area contributed by atoms with Gasteiger partial charge in [-0.3, -0.25) is 0 Å². The first kappa shape index (κ1) is 15.3. The third-order valence-electron chi connectivity index (χ3n) is 5.69. The first-order valence-corrected chi connectivity index (χ1v) is 8.96. The highest BCUT2D eigenvalue weighted by Crippen LogP contribution is 2.82. The molecule has 0 amide bonds. The van der Waals surface area contributed by atoms with Crippen LogP contribution in [-0.2, 0) is 0 Å². The molecule has 1 unspecified atom stereocenters. The minimum atomic E-state index is -1.52. The number of hydrogen-bond donors (Lipinski definition) is 1. The molecule has 8 atom stereocenters. The van der Waals surface area contributed by atoms with E-state index in [-0.39, 0.29) is 39.1 Å². The summed E-state index contributed by atoms with van der Waals surface area (Å²) in [6, 6.07) is 0. The Kier molecular flexibility index (Phi) is 3.08. The fourth-order valence-corrected chi connectivity index (χ4v) is 8.55. The van der Waals surface area contributed by atoms with E-state index in [1.807, 2.05) is 0 Å². The molecular formula is C12H9Cl7O. The van der Waals surface area contributed by atoms with Gasteiger partial charge in [-0.15, -0.1) is 34.8 Å². The van der Waals surface area contributed by atoms with Crippen molar-refractivity contribution in [2.75, 3.05) is 0 Å². The van der Waals surface area contributed by atoms with Gasteiger partial charge in [0.1, 0.15) is 9.75 Å². The second-order valence-corrected chi connectivity index (χ2v) is 9.96. The van der Waals surface area contributed by atoms with Crippen molar-refractivity contribution in [2.24, 2.45) is 23.7 Å². The number of halogens is 7. The first-order chi connectivity index (χ1) is 9.11. The van der Waals surface area contributed by atoms with Gasteiger partial charge in [0.05, 0.1) is 21.5 Å². The predicted octanol–water partition coefficient (Wildman–Crippen LogP) is 4.68. The second kappa shape index (κ2) is 4.03. The minimum Gasteiger partial charge on any atom is -0.391 e. The van der Waals surface area contributed by atoms with Gasteiger partial charge in [-0.05, 0) is 30.1 Å². The molecule has 4 aliphatic rings. The molecule has 4 bridgehead atoms. The summed E-state index contributed by atoms with van der Waals surface area (Å²) in [5.41, 5.74) is 0. The summed E-state index contributed by atoms with van der Waals surface area (Å²) in [4.78, 5) is -2.51. The molecule has 112 valence electrons. The molecular weight excluding hydrogens is 408 g/mol. The predicted molar refractivity (Wildman–Crippen MR) is 84.6 cm³/mol. The van der Waals surface area contributed by atoms with Crippen molar-refractivity contribution in [3.8, 4) is 0 Å². The SMILES string of the molecule is O[C@@H]1[C@@H](Cl)[C@@H]2C[C@H]1C1[C@H]2[C@@]2(Cl)C(Cl)=C(Cl)[C@]1(Cl)C2(Cl)Cl. The van der Waals surface area contributed by atoms with E-state index in [2.05, 4.69) is 0 Å². The van der Waals surface area contributed by atoms with Crippen LogP contribution in [0.1, 0.15) is 6.42 Å². The molecule has 8 heteroatoms. The summed E-state index contributed by atoms with van der Waals surface area (Å²) in [6.45, 7) is 0. The number of aliphatic hydroxyl groups is 1. The Balaban J connectivity index is 1.98. The van der Waals surface area contributed by atoms with Crippen LogP contribution in [0.5, 0.6) is 0 Å². The Morgan fingerprint density at radius 3 is 1.85 bits per heavy atom. The van der Waals surface area contributed by atoms with Gasteiger partial charge < -0.3 is 5.11 Å². The lowest BCUT2D eigenvalue weighted by Crippen LogP contribution is -2.48. The van der Waals surface area contributed by atoms with Gasteiger partial charge >= 0.3 is 0 Å². The largest absolute Gasteiger partial charge is 0.391 e. The summed E-state index contributed by atoms with van der Waals surface area (Å²) in [5.74, 6) is -0.527. The normalized spacial score (nSPS) is 62.4. The number of hydrogen-bond acceptors (Lipinski definition) is 1. The molecule has 0 aromatic rings. The second-order valence-electron chi connectivity index (χ2n) is 6.18. The number of fused-ring (bicyclic) bond motifs is 9. The van der Waals surface area contributed by atoms with Crippen LogP contribution in [0, 0.1) is 23.7 Å². The van der Waals surface area contributed by atoms with Crippen LogP contribution in [-0.4, -0.2) is 30.7 Å². The summed E-state index contributed by atoms with van der Waals surface area (Å²) >= 11 is 45.5. The van der Waals surface area contributed by atoms with Crippen LogP contribution in [0.2, 0.25) is 0 Å². The number of rotatable bonds is 0. The lowest BCUT2D eigenvalue weighted by atomic mass is 9.71. The van der Waals surface area contributed by atoms with Crippen LogP contribution >= 0.6 is 81.2 Å². The molecule has 0 radical (unpaired) electrons. The van der Waals surface area contributed by atoms with Crippen LogP contribution in [0.25, 0.3) is 0 Å². The highest BCUT2D eigenvalue weighted by molar-refractivity contribution is 6.65. The fourth-order valence-electron chi connectivity index (χ4n) is 4.97. The molecule has 1 N–H and O–H groups in total. The molecule has 20 heavy (non-hydrogen) atoms. The van der Waals surface area contributed by atoms with Gasteiger partial charge in [0, 0.05) is 0 Å². The van der Waals surface area contributed by atoms with Gasteiger partial charge in [0.15, 0.2) is 4.33 Å². The average molecular weight is 417 g/mol. The summed E-state index contributed by atoms with van der Waals surface area (Å²) in [7, 11) is 0. The van der Waals surface area contributed by atoms with Gasteiger partial charge in [-0.1, -0.05) is 46.4 Å². The lowest BCUT2D eigenvalue weighted by Gasteiger charge is -2.42. The smallest absolute Gasteiger partial charge is 0.166 e. The zero-order valence-electron chi connectivity index (χ0n) is 9.76. The maximum absolute atomic E-state index is 10.3. The van der Waals surface area contributed by atoms with E-state index in [9.17, 15) is 5.11 Å². The van der Waals surface area contributed by atoms with Crippen molar-refractivity contribution in [1.29, 1.82) is 0 Å². The van der Waals surface area contributed by atoms with E-state index in [1.165, 1.54) is 0 Å². The van der Waals surface area contributed by atoms with Gasteiger partial charge in [0.2, 0.25) is 0 Å². The van der Waals surface area contributed by atoms with Crippen molar-refractivity contribution in [3.05, 3.63) is 10.1 Å². The Hall–Kier alpha value is 1.73. The molecule has 0 saturated heterocycles. The van der Waals surface area contributed by atoms with E-state index in [0.717, 1.165) is 6.42 Å². The maximum Gasteiger partial charge on any atom is 0.166 e. The molecule has 0 spiro atoms. The molecule has 1 nitrogen and oxygen atoms in total. The highest BCUT2D eigenvalue weighted by Gasteiger charge is 2.87. The number of allylic oxidation sites excluding steroid dienone is 2. The third-order valence-corrected chi connectivity index (χ3v) is 10.6. The molecule has 0 heterocycles. The number of alkyl halides is 5. The summed E-state index contributed by atoms with van der Waals surface area (Å²) in [5, 5.41) is 10.3. The van der Waals surface area contributed by atoms with Crippen molar-refractivity contribution in [1.82, 2.24) is 0 Å². The monoisotopic (exact) mass is 414 g/mol. The minimum absolute atomic E-state index is 0.0183. The molecule has 0 aromatic carbocycles. The maximum atomic E-state index is 10.3. The Labute approximate surface area is 151 Å². The van der Waals surface area contributed by atoms with Crippen LogP contribution in [0.3, 0.4) is 0 Å². The number of aliphatic hydroxyl groups excluding tert-OH is 1. The molecule has 0 aromatic heterocycles. The van der Waals surface area contributed by atoms with Gasteiger partial charge in [0.25, 0.3) is 0 Å². The standard InChI is InChI=1S/C12H9Cl7O/c13-6-2-1-3(7(6)20)5-4(2)10(16)8(14)9(15)11(5,17)12(10,18)19/h2-7,20H,1H2/t2-,3+,4+,5?,6+,7+,10-,11+/m1/s1. The first-order valence-electron chi connectivity index (χ1n) is 6.25. The van der Waals surface area contributed by atoms with Crippen LogP contribution in [0.15, 0.2) is 10.1 Å². The van der Waals surface area contributed by atoms with E-state index in [0.29, 0.717) is 0 Å². The Morgan fingerprint density at radius 1 is 0.900 bits per heavy atom. The summed E-state index contributed by atoms with van der Waals surface area (Å²) < 4.78 is -1.52. The van der Waals surface area contributed by atoms with E-state index >= 15 is 0 Å². The quantitative estimate of drug-likeness (QED) is 0.448. The van der Waals surface area contributed by atoms with Gasteiger partial charge in [-0.2, -0.15) is 0 Å². The van der Waals surface area contributed by atoms with Gasteiger partial charge in [-0.25, -0.2) is 0 Å². The Bertz CT molecular complexity index is 504. The third kappa shape index (κ3) is 1.21. The Morgan fingerprint density at radius 2 is 1.35 bits per heavy atom. The van der Waals surface area contributed by atoms with Crippen molar-refractivity contribution in [2.45, 2.75) is 32.0 Å². The van der Waals surface area contributed by atoms with E-state index in [1.54, 1.807) is 0 Å². The molecule has 4 rings (SSSR count). The summed E-state index contributed by atoms with van der Waals surface area (Å²) in [6.07, 6.45) is 0.0942. The molecule has 3 fully saturated rings. The topological polar surface area (TPSA) is 20.2 Å². The van der Waals surface area contributed by atoms with E-state index < -0.39 is 20.2 Å². The lowest BCUT2D eigenvalue weighted by molar-refractivity contribution is 0.0567. The van der Waals surface area contributed by atoms with E-state index in [4.69, 9.17) is 81.2 Å². The highest BCUT2D eigenvalue weighted by atomic mass is 35.5. The van der Waals surface area contributed by atoms with Crippen LogP contribution < -0.4 is 0 Å². The molecule has 3 saturated carbocycles. The average Bonchev–Trinajstić information content (AvgIpc) is 2.97.